The van der Waals surface area contributed by atoms with Crippen LogP contribution >= 0.6 is 0 Å². The highest BCUT2D eigenvalue weighted by molar-refractivity contribution is 5.76. The van der Waals surface area contributed by atoms with Crippen LogP contribution in [0.15, 0.2) is 18.2 Å². The van der Waals surface area contributed by atoms with Crippen LogP contribution < -0.4 is 10.5 Å². The molecular weight excluding hydrogens is 390 g/mol. The number of rotatable bonds is 6. The van der Waals surface area contributed by atoms with Crippen LogP contribution in [0.2, 0.25) is 0 Å². The highest BCUT2D eigenvalue weighted by Gasteiger charge is 2.24. The molecule has 2 N–H and O–H groups in total. The summed E-state index contributed by atoms with van der Waals surface area (Å²) in [4.78, 5) is 16.4. The van der Waals surface area contributed by atoms with E-state index in [9.17, 15) is 4.79 Å². The van der Waals surface area contributed by atoms with Gasteiger partial charge in [-0.15, -0.1) is 0 Å². The van der Waals surface area contributed by atoms with Crippen molar-refractivity contribution in [1.82, 2.24) is 19.6 Å². The van der Waals surface area contributed by atoms with Crippen molar-refractivity contribution < 1.29 is 9.53 Å². The summed E-state index contributed by atoms with van der Waals surface area (Å²) < 4.78 is 8.15. The SMILES string of the molecule is CCn1nc(C)c(CN2CCOc3ccc(CN4CCC[C@@H](C(N)=O)C4)cc3C2)c1C. The molecule has 1 amide bonds. The lowest BCUT2D eigenvalue weighted by molar-refractivity contribution is -0.123. The Labute approximate surface area is 185 Å². The van der Waals surface area contributed by atoms with E-state index in [1.165, 1.54) is 22.4 Å². The van der Waals surface area contributed by atoms with Gasteiger partial charge in [0.05, 0.1) is 11.6 Å². The Morgan fingerprint density at radius 2 is 2.06 bits per heavy atom. The minimum atomic E-state index is -0.173. The van der Waals surface area contributed by atoms with Crippen molar-refractivity contribution in [2.45, 2.75) is 59.8 Å². The maximum Gasteiger partial charge on any atom is 0.221 e. The van der Waals surface area contributed by atoms with Crippen LogP contribution in [0.3, 0.4) is 0 Å². The topological polar surface area (TPSA) is 76.6 Å². The molecule has 1 aromatic heterocycles. The molecule has 1 atom stereocenters. The molecule has 168 valence electrons. The molecule has 0 unspecified atom stereocenters. The van der Waals surface area contributed by atoms with Crippen molar-refractivity contribution in [3.05, 3.63) is 46.3 Å². The third kappa shape index (κ3) is 4.93. The standard InChI is InChI=1S/C24H35N5O2/c1-4-29-18(3)22(17(2)26-29)16-28-10-11-31-23-8-7-19(12-21(23)15-28)13-27-9-5-6-20(14-27)24(25)30/h7-8,12,20H,4-6,9-11,13-16H2,1-3H3,(H2,25,30)/t20-/m1/s1. The quantitative estimate of drug-likeness (QED) is 0.770. The first-order chi connectivity index (χ1) is 14.9. The molecule has 2 aliphatic rings. The van der Waals surface area contributed by atoms with Gasteiger partial charge < -0.3 is 10.5 Å². The Hall–Kier alpha value is -2.38. The molecule has 31 heavy (non-hydrogen) atoms. The van der Waals surface area contributed by atoms with Crippen LogP contribution in [0, 0.1) is 19.8 Å². The molecule has 1 aromatic carbocycles. The van der Waals surface area contributed by atoms with Gasteiger partial charge in [-0.3, -0.25) is 19.3 Å². The molecule has 0 bridgehead atoms. The average molecular weight is 426 g/mol. The molecule has 7 nitrogen and oxygen atoms in total. The minimum Gasteiger partial charge on any atom is -0.492 e. The van der Waals surface area contributed by atoms with Gasteiger partial charge in [-0.05, 0) is 57.9 Å². The number of carbonyl (C=O) groups is 1. The average Bonchev–Trinajstić information content (AvgIpc) is 2.90. The molecule has 0 saturated carbocycles. The van der Waals surface area contributed by atoms with Crippen molar-refractivity contribution in [2.75, 3.05) is 26.2 Å². The van der Waals surface area contributed by atoms with Gasteiger partial charge in [-0.2, -0.15) is 5.10 Å². The monoisotopic (exact) mass is 425 g/mol. The van der Waals surface area contributed by atoms with Crippen LogP contribution in [0.25, 0.3) is 0 Å². The van der Waals surface area contributed by atoms with Gasteiger partial charge in [0.2, 0.25) is 5.91 Å². The van der Waals surface area contributed by atoms with Crippen LogP contribution in [0.4, 0.5) is 0 Å². The van der Waals surface area contributed by atoms with E-state index >= 15 is 0 Å². The molecule has 2 aliphatic heterocycles. The Morgan fingerprint density at radius 1 is 1.23 bits per heavy atom. The zero-order chi connectivity index (χ0) is 22.0. The summed E-state index contributed by atoms with van der Waals surface area (Å²) in [6.07, 6.45) is 1.94. The summed E-state index contributed by atoms with van der Waals surface area (Å²) in [5.74, 6) is 0.786. The first-order valence-corrected chi connectivity index (χ1v) is 11.5. The highest BCUT2D eigenvalue weighted by Crippen LogP contribution is 2.27. The van der Waals surface area contributed by atoms with E-state index in [-0.39, 0.29) is 11.8 Å². The number of hydrogen-bond donors (Lipinski definition) is 1. The lowest BCUT2D eigenvalue weighted by Crippen LogP contribution is -2.40. The van der Waals surface area contributed by atoms with Gasteiger partial charge in [-0.25, -0.2) is 0 Å². The Bertz CT molecular complexity index is 938. The summed E-state index contributed by atoms with van der Waals surface area (Å²) in [6, 6.07) is 6.54. The number of likely N-dealkylation sites (tertiary alicyclic amines) is 1. The maximum absolute atomic E-state index is 11.6. The molecule has 1 saturated heterocycles. The second kappa shape index (κ2) is 9.40. The number of primary amides is 1. The van der Waals surface area contributed by atoms with Crippen molar-refractivity contribution in [3.63, 3.8) is 0 Å². The Kier molecular flexibility index (Phi) is 6.62. The third-order valence-electron chi connectivity index (χ3n) is 6.71. The van der Waals surface area contributed by atoms with Crippen LogP contribution in [-0.2, 0) is 31.0 Å². The lowest BCUT2D eigenvalue weighted by Gasteiger charge is -2.31. The van der Waals surface area contributed by atoms with Gasteiger partial charge in [0, 0.05) is 56.1 Å². The number of nitrogens with two attached hydrogens (primary N) is 1. The summed E-state index contributed by atoms with van der Waals surface area (Å²) >= 11 is 0. The lowest BCUT2D eigenvalue weighted by atomic mass is 9.97. The number of nitrogens with zero attached hydrogens (tertiary/aromatic N) is 4. The first kappa shape index (κ1) is 21.8. The number of aromatic nitrogens is 2. The molecule has 1 fully saturated rings. The van der Waals surface area contributed by atoms with Crippen molar-refractivity contribution in [1.29, 1.82) is 0 Å². The summed E-state index contributed by atoms with van der Waals surface area (Å²) in [5, 5.41) is 4.68. The fourth-order valence-corrected chi connectivity index (χ4v) is 4.92. The number of amides is 1. The largest absolute Gasteiger partial charge is 0.492 e. The summed E-state index contributed by atoms with van der Waals surface area (Å²) in [7, 11) is 0. The van der Waals surface area contributed by atoms with Gasteiger partial charge in [-0.1, -0.05) is 6.07 Å². The third-order valence-corrected chi connectivity index (χ3v) is 6.71. The molecule has 2 aromatic rings. The van der Waals surface area contributed by atoms with E-state index in [0.717, 1.165) is 70.1 Å². The molecule has 4 rings (SSSR count). The smallest absolute Gasteiger partial charge is 0.221 e. The predicted octanol–water partition coefficient (Wildman–Crippen LogP) is 2.61. The van der Waals surface area contributed by atoms with E-state index in [1.54, 1.807) is 0 Å². The van der Waals surface area contributed by atoms with Crippen LogP contribution in [-0.4, -0.2) is 51.7 Å². The number of carbonyl (C=O) groups excluding carboxylic acids is 1. The number of benzene rings is 1. The fourth-order valence-electron chi connectivity index (χ4n) is 4.92. The maximum atomic E-state index is 11.6. The van der Waals surface area contributed by atoms with Crippen molar-refractivity contribution in [3.8, 4) is 5.75 Å². The number of ether oxygens (including phenoxy) is 1. The fraction of sp³-hybridized carbons (Fsp3) is 0.583. The number of fused-ring (bicyclic) bond motifs is 1. The zero-order valence-electron chi connectivity index (χ0n) is 19.1. The van der Waals surface area contributed by atoms with Gasteiger partial charge in [0.15, 0.2) is 0 Å². The van der Waals surface area contributed by atoms with Gasteiger partial charge >= 0.3 is 0 Å². The Balaban J connectivity index is 1.47. The molecule has 7 heteroatoms. The molecule has 0 spiro atoms. The second-order valence-corrected chi connectivity index (χ2v) is 8.94. The zero-order valence-corrected chi connectivity index (χ0v) is 19.1. The van der Waals surface area contributed by atoms with E-state index in [0.29, 0.717) is 6.61 Å². The molecule has 0 radical (unpaired) electrons. The molecular formula is C24H35N5O2. The summed E-state index contributed by atoms with van der Waals surface area (Å²) in [5.41, 5.74) is 11.7. The Morgan fingerprint density at radius 3 is 2.81 bits per heavy atom. The van der Waals surface area contributed by atoms with E-state index in [1.807, 2.05) is 0 Å². The minimum absolute atomic E-state index is 0.0241. The van der Waals surface area contributed by atoms with E-state index < -0.39 is 0 Å². The second-order valence-electron chi connectivity index (χ2n) is 8.94. The number of piperidine rings is 1. The predicted molar refractivity (Wildman–Crippen MR) is 121 cm³/mol. The van der Waals surface area contributed by atoms with Crippen LogP contribution in [0.1, 0.15) is 47.8 Å². The highest BCUT2D eigenvalue weighted by atomic mass is 16.5. The van der Waals surface area contributed by atoms with E-state index in [2.05, 4.69) is 58.6 Å². The van der Waals surface area contributed by atoms with Crippen LogP contribution in [0.5, 0.6) is 5.75 Å². The summed E-state index contributed by atoms with van der Waals surface area (Å²) in [6.45, 7) is 13.3. The van der Waals surface area contributed by atoms with Crippen molar-refractivity contribution in [2.24, 2.45) is 11.7 Å². The number of aryl methyl sites for hydroxylation is 2. The number of hydrogen-bond acceptors (Lipinski definition) is 5. The van der Waals surface area contributed by atoms with Gasteiger partial charge in [0.25, 0.3) is 0 Å². The molecule has 0 aliphatic carbocycles. The van der Waals surface area contributed by atoms with Crippen molar-refractivity contribution >= 4 is 5.91 Å². The van der Waals surface area contributed by atoms with Gasteiger partial charge in [0.1, 0.15) is 12.4 Å². The first-order valence-electron chi connectivity index (χ1n) is 11.5. The van der Waals surface area contributed by atoms with E-state index in [4.69, 9.17) is 10.5 Å². The molecule has 3 heterocycles. The normalized spacial score (nSPS) is 20.2.